The molecule has 0 bridgehead atoms. The van der Waals surface area contributed by atoms with Crippen LogP contribution in [0.4, 0.5) is 5.82 Å². The molecule has 0 radical (unpaired) electrons. The molecule has 164 valence electrons. The molecule has 0 unspecified atom stereocenters. The number of aliphatic hydroxyl groups is 1. The van der Waals surface area contributed by atoms with Crippen molar-refractivity contribution >= 4 is 23.5 Å². The lowest BCUT2D eigenvalue weighted by Gasteiger charge is -2.16. The highest BCUT2D eigenvalue weighted by Gasteiger charge is 2.39. The average molecular weight is 429 g/mol. The normalized spacial score (nSPS) is 20.3. The first kappa shape index (κ1) is 22.3. The number of hydrogen-bond donors (Lipinski definition) is 2. The summed E-state index contributed by atoms with van der Waals surface area (Å²) in [7, 11) is 0. The van der Waals surface area contributed by atoms with Crippen LogP contribution in [0.25, 0.3) is 0 Å². The Morgan fingerprint density at radius 1 is 1.23 bits per heavy atom. The number of nitrogens with zero attached hydrogens (tertiary/aromatic N) is 2. The van der Waals surface area contributed by atoms with Crippen LogP contribution in [-0.2, 0) is 19.1 Å². The van der Waals surface area contributed by atoms with Crippen LogP contribution in [0.5, 0.6) is 0 Å². The average Bonchev–Trinajstić information content (AvgIpc) is 3.15. The number of benzene rings is 1. The number of esters is 1. The van der Waals surface area contributed by atoms with Crippen LogP contribution in [0.15, 0.2) is 47.4 Å². The minimum atomic E-state index is -0.810. The number of aromatic nitrogens is 2. The van der Waals surface area contributed by atoms with E-state index in [9.17, 15) is 24.3 Å². The summed E-state index contributed by atoms with van der Waals surface area (Å²) in [5.74, 6) is -1.03. The van der Waals surface area contributed by atoms with Crippen LogP contribution in [0, 0.1) is 0 Å². The second-order valence-corrected chi connectivity index (χ2v) is 7.10. The van der Waals surface area contributed by atoms with Crippen LogP contribution in [-0.4, -0.2) is 51.1 Å². The fourth-order valence-corrected chi connectivity index (χ4v) is 3.14. The van der Waals surface area contributed by atoms with Crippen molar-refractivity contribution < 1.29 is 29.0 Å². The molecular weight excluding hydrogens is 406 g/mol. The van der Waals surface area contributed by atoms with Gasteiger partial charge in [-0.05, 0) is 25.1 Å². The Morgan fingerprint density at radius 2 is 1.97 bits per heavy atom. The molecule has 1 aliphatic heterocycles. The van der Waals surface area contributed by atoms with E-state index in [1.807, 2.05) is 0 Å². The zero-order valence-electron chi connectivity index (χ0n) is 16.9. The molecule has 1 amide bonds. The highest BCUT2D eigenvalue weighted by molar-refractivity contribution is 6.03. The van der Waals surface area contributed by atoms with Gasteiger partial charge in [-0.3, -0.25) is 14.2 Å². The van der Waals surface area contributed by atoms with Crippen molar-refractivity contribution in [2.45, 2.75) is 44.6 Å². The van der Waals surface area contributed by atoms with Gasteiger partial charge < -0.3 is 24.7 Å². The number of ether oxygens (including phenoxy) is 2. The Kier molecular flexibility index (Phi) is 7.27. The number of Topliss-reactive ketones (excluding diaryl/α,β-unsaturated/α-hetero) is 1. The number of aliphatic hydroxyl groups excluding tert-OH is 1. The fraction of sp³-hybridized carbons (Fsp3) is 0.381. The van der Waals surface area contributed by atoms with Crippen molar-refractivity contribution in [1.82, 2.24) is 9.55 Å². The maximum Gasteiger partial charge on any atom is 0.351 e. The minimum Gasteiger partial charge on any atom is -0.459 e. The molecule has 0 aliphatic carbocycles. The van der Waals surface area contributed by atoms with Crippen molar-refractivity contribution in [3.63, 3.8) is 0 Å². The molecular formula is C21H23N3O7. The summed E-state index contributed by atoms with van der Waals surface area (Å²) in [6.45, 7) is 0.971. The van der Waals surface area contributed by atoms with E-state index >= 15 is 0 Å². The third kappa shape index (κ3) is 5.83. The van der Waals surface area contributed by atoms with Gasteiger partial charge >= 0.3 is 11.7 Å². The minimum absolute atomic E-state index is 0.0635. The quantitative estimate of drug-likeness (QED) is 0.594. The molecule has 1 fully saturated rings. The number of carbonyl (C=O) groups excluding carboxylic acids is 3. The SMILES string of the molecule is CC(=O)CCC(=O)O[C@H]1C[C@@H](n2ccc(NC(=O)c3ccccc3)nc2=O)O[C@@H]1CO. The zero-order valence-corrected chi connectivity index (χ0v) is 16.9. The standard InChI is InChI=1S/C21H23N3O7/c1-13(26)7-8-19(27)31-15-11-18(30-16(15)12-25)24-10-9-17(23-21(24)29)22-20(28)14-5-3-2-4-6-14/h2-6,9-10,15-16,18,25H,7-8,11-12H2,1H3,(H,22,23,28,29)/t15-,16+,18-/m0/s1. The Balaban J connectivity index is 1.65. The first-order chi connectivity index (χ1) is 14.9. The number of rotatable bonds is 8. The van der Waals surface area contributed by atoms with Gasteiger partial charge in [-0.1, -0.05) is 18.2 Å². The Bertz CT molecular complexity index is 1010. The van der Waals surface area contributed by atoms with Gasteiger partial charge in [0, 0.05) is 24.6 Å². The summed E-state index contributed by atoms with van der Waals surface area (Å²) in [6, 6.07) is 9.94. The molecule has 10 heteroatoms. The van der Waals surface area contributed by atoms with Crippen molar-refractivity contribution in [3.05, 3.63) is 58.6 Å². The summed E-state index contributed by atoms with van der Waals surface area (Å²) < 4.78 is 12.2. The van der Waals surface area contributed by atoms with Crippen molar-refractivity contribution in [3.8, 4) is 0 Å². The Hall–Kier alpha value is -3.37. The fourth-order valence-electron chi connectivity index (χ4n) is 3.14. The Morgan fingerprint density at radius 3 is 2.61 bits per heavy atom. The van der Waals surface area contributed by atoms with E-state index in [0.29, 0.717) is 5.56 Å². The van der Waals surface area contributed by atoms with E-state index in [1.165, 1.54) is 23.8 Å². The molecule has 0 saturated carbocycles. The van der Waals surface area contributed by atoms with E-state index in [4.69, 9.17) is 9.47 Å². The number of ketones is 1. The molecule has 31 heavy (non-hydrogen) atoms. The summed E-state index contributed by atoms with van der Waals surface area (Å²) in [5, 5.41) is 12.1. The summed E-state index contributed by atoms with van der Waals surface area (Å²) in [4.78, 5) is 51.4. The van der Waals surface area contributed by atoms with Crippen LogP contribution < -0.4 is 11.0 Å². The number of nitrogens with one attached hydrogen (secondary N) is 1. The van der Waals surface area contributed by atoms with Gasteiger partial charge in [0.05, 0.1) is 13.0 Å². The highest BCUT2D eigenvalue weighted by Crippen LogP contribution is 2.30. The molecule has 2 aromatic rings. The molecule has 1 aliphatic rings. The van der Waals surface area contributed by atoms with Crippen LogP contribution in [0.1, 0.15) is 42.8 Å². The molecule has 10 nitrogen and oxygen atoms in total. The maximum absolute atomic E-state index is 12.5. The first-order valence-electron chi connectivity index (χ1n) is 9.78. The second-order valence-electron chi connectivity index (χ2n) is 7.10. The lowest BCUT2D eigenvalue weighted by Crippen LogP contribution is -2.30. The van der Waals surface area contributed by atoms with E-state index in [2.05, 4.69) is 10.3 Å². The first-order valence-corrected chi connectivity index (χ1v) is 9.78. The number of carbonyl (C=O) groups is 3. The van der Waals surface area contributed by atoms with E-state index in [-0.39, 0.29) is 30.9 Å². The van der Waals surface area contributed by atoms with Crippen LogP contribution in [0.3, 0.4) is 0 Å². The lowest BCUT2D eigenvalue weighted by atomic mass is 10.2. The molecule has 0 spiro atoms. The largest absolute Gasteiger partial charge is 0.459 e. The van der Waals surface area contributed by atoms with Crippen molar-refractivity contribution in [2.75, 3.05) is 11.9 Å². The van der Waals surface area contributed by atoms with Gasteiger partial charge in [-0.25, -0.2) is 4.79 Å². The van der Waals surface area contributed by atoms with Gasteiger partial charge in [-0.15, -0.1) is 0 Å². The molecule has 3 rings (SSSR count). The molecule has 1 aromatic heterocycles. The van der Waals surface area contributed by atoms with Gasteiger partial charge in [0.15, 0.2) is 0 Å². The second kappa shape index (κ2) is 10.1. The van der Waals surface area contributed by atoms with Gasteiger partial charge in [0.25, 0.3) is 5.91 Å². The predicted molar refractivity (Wildman–Crippen MR) is 108 cm³/mol. The Labute approximate surface area is 177 Å². The zero-order chi connectivity index (χ0) is 22.4. The van der Waals surface area contributed by atoms with E-state index < -0.39 is 42.6 Å². The molecule has 1 saturated heterocycles. The smallest absolute Gasteiger partial charge is 0.351 e. The summed E-state index contributed by atoms with van der Waals surface area (Å²) >= 11 is 0. The van der Waals surface area contributed by atoms with Crippen molar-refractivity contribution in [2.24, 2.45) is 0 Å². The number of hydrogen-bond acceptors (Lipinski definition) is 8. The summed E-state index contributed by atoms with van der Waals surface area (Å²) in [6.07, 6.45) is -0.829. The number of amides is 1. The number of anilines is 1. The topological polar surface area (TPSA) is 137 Å². The molecule has 2 N–H and O–H groups in total. The van der Waals surface area contributed by atoms with Gasteiger partial charge in [-0.2, -0.15) is 4.98 Å². The van der Waals surface area contributed by atoms with Crippen LogP contribution in [0.2, 0.25) is 0 Å². The van der Waals surface area contributed by atoms with E-state index in [0.717, 1.165) is 0 Å². The lowest BCUT2D eigenvalue weighted by molar-refractivity contribution is -0.153. The third-order valence-electron chi connectivity index (χ3n) is 4.74. The van der Waals surface area contributed by atoms with Gasteiger partial charge in [0.1, 0.15) is 30.0 Å². The molecule has 2 heterocycles. The molecule has 1 aromatic carbocycles. The maximum atomic E-state index is 12.5. The van der Waals surface area contributed by atoms with E-state index in [1.54, 1.807) is 30.3 Å². The van der Waals surface area contributed by atoms with Crippen molar-refractivity contribution in [1.29, 1.82) is 0 Å². The monoisotopic (exact) mass is 429 g/mol. The highest BCUT2D eigenvalue weighted by atomic mass is 16.6. The summed E-state index contributed by atoms with van der Waals surface area (Å²) in [5.41, 5.74) is -0.246. The van der Waals surface area contributed by atoms with Crippen LogP contribution >= 0.6 is 0 Å². The third-order valence-corrected chi connectivity index (χ3v) is 4.74. The van der Waals surface area contributed by atoms with Gasteiger partial charge in [0.2, 0.25) is 0 Å². The molecule has 3 atom stereocenters. The predicted octanol–water partition coefficient (Wildman–Crippen LogP) is 1.06.